The lowest BCUT2D eigenvalue weighted by molar-refractivity contribution is -0.117. The number of carbonyl (C=O) groups is 1. The zero-order valence-electron chi connectivity index (χ0n) is 16.7. The molecule has 1 unspecified atom stereocenters. The second-order valence-electron chi connectivity index (χ2n) is 7.37. The molecule has 2 aromatic rings. The van der Waals surface area contributed by atoms with E-state index in [-0.39, 0.29) is 11.9 Å². The third kappa shape index (κ3) is 4.42. The van der Waals surface area contributed by atoms with Crippen molar-refractivity contribution in [3.63, 3.8) is 0 Å². The Kier molecular flexibility index (Phi) is 6.01. The minimum Gasteiger partial charge on any atom is -0.492 e. The molecule has 0 aromatic heterocycles. The van der Waals surface area contributed by atoms with Crippen LogP contribution < -0.4 is 14.5 Å². The van der Waals surface area contributed by atoms with E-state index in [9.17, 15) is 4.79 Å². The summed E-state index contributed by atoms with van der Waals surface area (Å²) in [4.78, 5) is 18.5. The molecule has 0 fully saturated rings. The fourth-order valence-electron chi connectivity index (χ4n) is 3.62. The predicted octanol–water partition coefficient (Wildman–Crippen LogP) is 3.39. The maximum atomic E-state index is 12.1. The number of likely N-dealkylation sites (N-methyl/N-ethyl adjacent to an activating group) is 1. The van der Waals surface area contributed by atoms with Gasteiger partial charge in [-0.05, 0) is 39.2 Å². The molecule has 1 aliphatic heterocycles. The van der Waals surface area contributed by atoms with Crippen molar-refractivity contribution in [2.24, 2.45) is 0 Å². The Labute approximate surface area is 162 Å². The lowest BCUT2D eigenvalue weighted by atomic mass is 10.1. The van der Waals surface area contributed by atoms with Crippen LogP contribution in [0.4, 0.5) is 11.4 Å². The van der Waals surface area contributed by atoms with Gasteiger partial charge in [0.05, 0.1) is 17.4 Å². The number of rotatable bonds is 6. The van der Waals surface area contributed by atoms with Gasteiger partial charge in [-0.25, -0.2) is 0 Å². The van der Waals surface area contributed by atoms with Crippen LogP contribution >= 0.6 is 0 Å². The van der Waals surface area contributed by atoms with Gasteiger partial charge in [-0.15, -0.1) is 0 Å². The number of hydrogen-bond acceptors (Lipinski definition) is 4. The second kappa shape index (κ2) is 8.44. The molecule has 3 rings (SSSR count). The molecule has 5 nitrogen and oxygen atoms in total. The van der Waals surface area contributed by atoms with E-state index < -0.39 is 0 Å². The molecular weight excluding hydrogens is 338 g/mol. The lowest BCUT2D eigenvalue weighted by Gasteiger charge is -2.42. The van der Waals surface area contributed by atoms with Crippen molar-refractivity contribution in [1.29, 1.82) is 0 Å². The zero-order chi connectivity index (χ0) is 19.4. The SMILES string of the molecule is CC(=O)N1c2ccccc2N(Cc2ccccc2OCCN(C)C)CC1C. The van der Waals surface area contributed by atoms with E-state index >= 15 is 0 Å². The summed E-state index contributed by atoms with van der Waals surface area (Å²) in [6.07, 6.45) is 0. The van der Waals surface area contributed by atoms with Crippen LogP contribution in [0.15, 0.2) is 48.5 Å². The lowest BCUT2D eigenvalue weighted by Crippen LogP contribution is -2.49. The van der Waals surface area contributed by atoms with Crippen molar-refractivity contribution in [3.05, 3.63) is 54.1 Å². The standard InChI is InChI=1S/C22H29N3O2/c1-17-15-24(20-10-6-7-11-21(20)25(17)18(2)26)16-19-9-5-8-12-22(19)27-14-13-23(3)4/h5-12,17H,13-16H2,1-4H3. The maximum absolute atomic E-state index is 12.1. The highest BCUT2D eigenvalue weighted by molar-refractivity contribution is 5.97. The van der Waals surface area contributed by atoms with Gasteiger partial charge in [0.15, 0.2) is 0 Å². The summed E-state index contributed by atoms with van der Waals surface area (Å²) in [5.74, 6) is 1.01. The summed E-state index contributed by atoms with van der Waals surface area (Å²) >= 11 is 0. The van der Waals surface area contributed by atoms with Gasteiger partial charge in [-0.3, -0.25) is 4.79 Å². The number of nitrogens with zero attached hydrogens (tertiary/aromatic N) is 3. The summed E-state index contributed by atoms with van der Waals surface area (Å²) in [6, 6.07) is 16.5. The Hall–Kier alpha value is -2.53. The smallest absolute Gasteiger partial charge is 0.224 e. The number of ether oxygens (including phenoxy) is 1. The fraction of sp³-hybridized carbons (Fsp3) is 0.409. The van der Waals surface area contributed by atoms with Crippen molar-refractivity contribution < 1.29 is 9.53 Å². The summed E-state index contributed by atoms with van der Waals surface area (Å²) in [6.45, 7) is 6.83. The van der Waals surface area contributed by atoms with Gasteiger partial charge in [0, 0.05) is 32.1 Å². The average Bonchev–Trinajstić information content (AvgIpc) is 2.62. The Bertz CT molecular complexity index is 791. The van der Waals surface area contributed by atoms with Gasteiger partial charge in [0.1, 0.15) is 12.4 Å². The van der Waals surface area contributed by atoms with E-state index in [1.165, 1.54) is 0 Å². The van der Waals surface area contributed by atoms with Gasteiger partial charge in [-0.2, -0.15) is 0 Å². The Balaban J connectivity index is 1.84. The third-order valence-corrected chi connectivity index (χ3v) is 4.88. The van der Waals surface area contributed by atoms with E-state index in [2.05, 4.69) is 34.9 Å². The number of fused-ring (bicyclic) bond motifs is 1. The molecule has 2 aromatic carbocycles. The van der Waals surface area contributed by atoms with Crippen LogP contribution in [0, 0.1) is 0 Å². The molecule has 0 saturated carbocycles. The second-order valence-corrected chi connectivity index (χ2v) is 7.37. The topological polar surface area (TPSA) is 36.0 Å². The van der Waals surface area contributed by atoms with Crippen molar-refractivity contribution >= 4 is 17.3 Å². The molecule has 1 heterocycles. The van der Waals surface area contributed by atoms with Crippen LogP contribution in [0.25, 0.3) is 0 Å². The van der Waals surface area contributed by atoms with Crippen LogP contribution in [0.5, 0.6) is 5.75 Å². The van der Waals surface area contributed by atoms with Crippen molar-refractivity contribution in [1.82, 2.24) is 4.90 Å². The molecule has 0 bridgehead atoms. The minimum atomic E-state index is 0.0852. The molecule has 5 heteroatoms. The van der Waals surface area contributed by atoms with Gasteiger partial charge in [-0.1, -0.05) is 30.3 Å². The Morgan fingerprint density at radius 2 is 1.78 bits per heavy atom. The predicted molar refractivity (Wildman–Crippen MR) is 111 cm³/mol. The number of hydrogen-bond donors (Lipinski definition) is 0. The molecule has 1 aliphatic rings. The van der Waals surface area contributed by atoms with Gasteiger partial charge < -0.3 is 19.4 Å². The Morgan fingerprint density at radius 3 is 2.48 bits per heavy atom. The highest BCUT2D eigenvalue weighted by Gasteiger charge is 2.30. The molecule has 0 radical (unpaired) electrons. The zero-order valence-corrected chi connectivity index (χ0v) is 16.7. The van der Waals surface area contributed by atoms with E-state index in [1.54, 1.807) is 6.92 Å². The normalized spacial score (nSPS) is 16.4. The summed E-state index contributed by atoms with van der Waals surface area (Å²) in [7, 11) is 4.09. The maximum Gasteiger partial charge on any atom is 0.224 e. The Morgan fingerprint density at radius 1 is 1.11 bits per heavy atom. The highest BCUT2D eigenvalue weighted by atomic mass is 16.5. The molecule has 0 saturated heterocycles. The van der Waals surface area contributed by atoms with E-state index in [0.717, 1.165) is 42.3 Å². The van der Waals surface area contributed by atoms with Crippen LogP contribution in [0.1, 0.15) is 19.4 Å². The first kappa shape index (κ1) is 19.2. The number of amides is 1. The summed E-state index contributed by atoms with van der Waals surface area (Å²) in [5.41, 5.74) is 3.23. The number of anilines is 2. The molecule has 144 valence electrons. The van der Waals surface area contributed by atoms with Crippen LogP contribution in [-0.4, -0.2) is 50.6 Å². The summed E-state index contributed by atoms with van der Waals surface area (Å²) in [5, 5.41) is 0. The number of benzene rings is 2. The molecule has 1 amide bonds. The largest absolute Gasteiger partial charge is 0.492 e. The highest BCUT2D eigenvalue weighted by Crippen LogP contribution is 2.37. The monoisotopic (exact) mass is 367 g/mol. The van der Waals surface area contributed by atoms with Crippen molar-refractivity contribution in [3.8, 4) is 5.75 Å². The van der Waals surface area contributed by atoms with E-state index in [0.29, 0.717) is 6.61 Å². The minimum absolute atomic E-state index is 0.0852. The van der Waals surface area contributed by atoms with Gasteiger partial charge >= 0.3 is 0 Å². The number of para-hydroxylation sites is 3. The van der Waals surface area contributed by atoms with Crippen LogP contribution in [-0.2, 0) is 11.3 Å². The van der Waals surface area contributed by atoms with Gasteiger partial charge in [0.2, 0.25) is 5.91 Å². The molecule has 27 heavy (non-hydrogen) atoms. The van der Waals surface area contributed by atoms with Gasteiger partial charge in [0.25, 0.3) is 0 Å². The molecule has 0 N–H and O–H groups in total. The van der Waals surface area contributed by atoms with Crippen LogP contribution in [0.3, 0.4) is 0 Å². The first-order valence-corrected chi connectivity index (χ1v) is 9.46. The molecule has 1 atom stereocenters. The summed E-state index contributed by atoms with van der Waals surface area (Å²) < 4.78 is 6.03. The van der Waals surface area contributed by atoms with E-state index in [4.69, 9.17) is 4.74 Å². The third-order valence-electron chi connectivity index (χ3n) is 4.88. The number of carbonyl (C=O) groups excluding carboxylic acids is 1. The first-order valence-electron chi connectivity index (χ1n) is 9.46. The first-order chi connectivity index (χ1) is 13.0. The van der Waals surface area contributed by atoms with Crippen LogP contribution in [0.2, 0.25) is 0 Å². The van der Waals surface area contributed by atoms with Crippen molar-refractivity contribution in [2.75, 3.05) is 43.6 Å². The molecular formula is C22H29N3O2. The van der Waals surface area contributed by atoms with E-state index in [1.807, 2.05) is 49.3 Å². The quantitative estimate of drug-likeness (QED) is 0.784. The fourth-order valence-corrected chi connectivity index (χ4v) is 3.62. The van der Waals surface area contributed by atoms with Crippen molar-refractivity contribution in [2.45, 2.75) is 26.4 Å². The molecule has 0 aliphatic carbocycles. The average molecular weight is 367 g/mol. The molecule has 0 spiro atoms.